The molecule has 0 saturated carbocycles. The van der Waals surface area contributed by atoms with Gasteiger partial charge in [0.05, 0.1) is 12.0 Å². The second-order valence-corrected chi connectivity index (χ2v) is 3.85. The quantitative estimate of drug-likeness (QED) is 0.732. The Morgan fingerprint density at radius 3 is 3.06 bits per heavy atom. The van der Waals surface area contributed by atoms with Crippen molar-refractivity contribution in [1.82, 2.24) is 9.55 Å². The van der Waals surface area contributed by atoms with Crippen LogP contribution < -0.4 is 10.9 Å². The van der Waals surface area contributed by atoms with E-state index in [2.05, 4.69) is 10.3 Å². The van der Waals surface area contributed by atoms with Gasteiger partial charge in [-0.1, -0.05) is 0 Å². The Kier molecular flexibility index (Phi) is 2.82. The van der Waals surface area contributed by atoms with Crippen molar-refractivity contribution in [3.8, 4) is 0 Å². The Balaban J connectivity index is 2.58. The van der Waals surface area contributed by atoms with E-state index in [1.54, 1.807) is 4.57 Å². The zero-order valence-electron chi connectivity index (χ0n) is 8.36. The van der Waals surface area contributed by atoms with Gasteiger partial charge >= 0.3 is 5.97 Å². The van der Waals surface area contributed by atoms with Gasteiger partial charge in [0.15, 0.2) is 0 Å². The number of fused-ring (bicyclic) bond motifs is 1. The Hall–Kier alpha value is -1.56. The smallest absolute Gasteiger partial charge is 0.308 e. The van der Waals surface area contributed by atoms with Crippen LogP contribution in [0.25, 0.3) is 0 Å². The number of hydrogen-bond acceptors (Lipinski definition) is 4. The van der Waals surface area contributed by atoms with Gasteiger partial charge in [0.2, 0.25) is 5.28 Å². The zero-order chi connectivity index (χ0) is 11.7. The second kappa shape index (κ2) is 4.13. The van der Waals surface area contributed by atoms with Crippen LogP contribution in [0.1, 0.15) is 12.0 Å². The highest BCUT2D eigenvalue weighted by Gasteiger charge is 2.20. The Morgan fingerprint density at radius 1 is 1.62 bits per heavy atom. The van der Waals surface area contributed by atoms with E-state index in [0.717, 1.165) is 6.42 Å². The second-order valence-electron chi connectivity index (χ2n) is 3.52. The van der Waals surface area contributed by atoms with E-state index in [1.807, 2.05) is 0 Å². The Morgan fingerprint density at radius 2 is 2.38 bits per heavy atom. The van der Waals surface area contributed by atoms with Gasteiger partial charge in [-0.05, 0) is 18.0 Å². The normalized spacial score (nSPS) is 14.1. The lowest BCUT2D eigenvalue weighted by molar-refractivity contribution is -0.136. The van der Waals surface area contributed by atoms with E-state index in [4.69, 9.17) is 16.7 Å². The van der Waals surface area contributed by atoms with Crippen LogP contribution in [0.15, 0.2) is 4.79 Å². The van der Waals surface area contributed by atoms with E-state index < -0.39 is 11.5 Å². The third-order valence-corrected chi connectivity index (χ3v) is 2.70. The topological polar surface area (TPSA) is 84.2 Å². The number of aliphatic carboxylic acids is 1. The first-order valence-electron chi connectivity index (χ1n) is 4.84. The highest BCUT2D eigenvalue weighted by Crippen LogP contribution is 2.21. The lowest BCUT2D eigenvalue weighted by Gasteiger charge is -2.23. The number of halogens is 1. The molecule has 0 aromatic carbocycles. The fraction of sp³-hybridized carbons (Fsp3) is 0.444. The summed E-state index contributed by atoms with van der Waals surface area (Å²) in [4.78, 5) is 25.8. The zero-order valence-corrected chi connectivity index (χ0v) is 9.12. The Bertz CT molecular complexity index is 498. The first kappa shape index (κ1) is 10.9. The molecule has 0 saturated heterocycles. The van der Waals surface area contributed by atoms with Gasteiger partial charge in [0, 0.05) is 13.1 Å². The van der Waals surface area contributed by atoms with Gasteiger partial charge in [0.1, 0.15) is 5.82 Å². The van der Waals surface area contributed by atoms with Gasteiger partial charge in [-0.3, -0.25) is 9.59 Å². The van der Waals surface area contributed by atoms with Crippen LogP contribution in [0.2, 0.25) is 5.28 Å². The number of anilines is 1. The van der Waals surface area contributed by atoms with E-state index >= 15 is 0 Å². The SMILES string of the molecule is O=C(O)Cc1c2n(c(Cl)nc1=O)CCCN2. The molecule has 0 fully saturated rings. The molecule has 2 N–H and O–H groups in total. The number of carboxylic acids is 1. The molecule has 0 amide bonds. The summed E-state index contributed by atoms with van der Waals surface area (Å²) in [6.45, 7) is 1.34. The maximum atomic E-state index is 11.5. The van der Waals surface area contributed by atoms with Crippen LogP contribution in [-0.2, 0) is 17.8 Å². The number of carbonyl (C=O) groups is 1. The molecule has 2 rings (SSSR count). The largest absolute Gasteiger partial charge is 0.481 e. The summed E-state index contributed by atoms with van der Waals surface area (Å²) in [5, 5.41) is 11.8. The monoisotopic (exact) mass is 243 g/mol. The molecule has 0 unspecified atom stereocenters. The van der Waals surface area contributed by atoms with Crippen molar-refractivity contribution in [2.75, 3.05) is 11.9 Å². The van der Waals surface area contributed by atoms with E-state index in [9.17, 15) is 9.59 Å². The Labute approximate surface area is 95.9 Å². The predicted octanol–water partition coefficient (Wildman–Crippen LogP) is 0.339. The van der Waals surface area contributed by atoms with Crippen molar-refractivity contribution in [3.05, 3.63) is 21.2 Å². The molecular weight excluding hydrogens is 234 g/mol. The summed E-state index contributed by atoms with van der Waals surface area (Å²) >= 11 is 5.82. The van der Waals surface area contributed by atoms with Crippen molar-refractivity contribution in [2.24, 2.45) is 0 Å². The van der Waals surface area contributed by atoms with Crippen LogP contribution in [-0.4, -0.2) is 27.2 Å². The average molecular weight is 244 g/mol. The molecule has 7 heteroatoms. The van der Waals surface area contributed by atoms with Crippen molar-refractivity contribution in [3.63, 3.8) is 0 Å². The number of hydrogen-bond donors (Lipinski definition) is 2. The number of aromatic nitrogens is 2. The van der Waals surface area contributed by atoms with E-state index in [0.29, 0.717) is 18.9 Å². The van der Waals surface area contributed by atoms with Crippen LogP contribution >= 0.6 is 11.6 Å². The molecule has 1 aromatic heterocycles. The number of carboxylic acid groups (broad SMARTS) is 1. The first-order chi connectivity index (χ1) is 7.59. The highest BCUT2D eigenvalue weighted by atomic mass is 35.5. The summed E-state index contributed by atoms with van der Waals surface area (Å²) < 4.78 is 1.63. The minimum absolute atomic E-state index is 0.0985. The van der Waals surface area contributed by atoms with Crippen LogP contribution in [0.4, 0.5) is 5.82 Å². The first-order valence-corrected chi connectivity index (χ1v) is 5.22. The minimum atomic E-state index is -1.06. The minimum Gasteiger partial charge on any atom is -0.481 e. The molecular formula is C9H10ClN3O3. The maximum Gasteiger partial charge on any atom is 0.308 e. The molecule has 0 aliphatic carbocycles. The standard InChI is InChI=1S/C9H10ClN3O3/c10-9-12-8(16)5(4-6(14)15)7-11-2-1-3-13(7)9/h11H,1-4H2,(H,14,15). The summed E-state index contributed by atoms with van der Waals surface area (Å²) in [5.74, 6) is -0.574. The molecule has 0 bridgehead atoms. The lowest BCUT2D eigenvalue weighted by atomic mass is 10.2. The molecule has 0 radical (unpaired) electrons. The van der Waals surface area contributed by atoms with Crippen LogP contribution in [0, 0.1) is 0 Å². The van der Waals surface area contributed by atoms with Gasteiger partial charge < -0.3 is 15.0 Å². The molecule has 1 aliphatic rings. The van der Waals surface area contributed by atoms with Crippen molar-refractivity contribution in [2.45, 2.75) is 19.4 Å². The van der Waals surface area contributed by atoms with Crippen molar-refractivity contribution in [1.29, 1.82) is 0 Å². The van der Waals surface area contributed by atoms with Crippen LogP contribution in [0.5, 0.6) is 0 Å². The summed E-state index contributed by atoms with van der Waals surface area (Å²) in [6.07, 6.45) is 0.523. The van der Waals surface area contributed by atoms with Gasteiger partial charge in [-0.25, -0.2) is 0 Å². The molecule has 1 aromatic rings. The number of rotatable bonds is 2. The third kappa shape index (κ3) is 1.88. The highest BCUT2D eigenvalue weighted by molar-refractivity contribution is 6.28. The molecule has 0 spiro atoms. The fourth-order valence-electron chi connectivity index (χ4n) is 1.73. The molecule has 2 heterocycles. The summed E-state index contributed by atoms with van der Waals surface area (Å²) in [6, 6.07) is 0. The third-order valence-electron chi connectivity index (χ3n) is 2.41. The number of nitrogens with zero attached hydrogens (tertiary/aromatic N) is 2. The summed E-state index contributed by atoms with van der Waals surface area (Å²) in [5.41, 5.74) is -0.412. The fourth-order valence-corrected chi connectivity index (χ4v) is 1.97. The molecule has 86 valence electrons. The van der Waals surface area contributed by atoms with Gasteiger partial charge in [0.25, 0.3) is 5.56 Å². The summed E-state index contributed by atoms with van der Waals surface area (Å²) in [7, 11) is 0. The molecule has 0 atom stereocenters. The lowest BCUT2D eigenvalue weighted by Crippen LogP contribution is -2.29. The van der Waals surface area contributed by atoms with Gasteiger partial charge in [-0.15, -0.1) is 0 Å². The van der Waals surface area contributed by atoms with Crippen LogP contribution in [0.3, 0.4) is 0 Å². The van der Waals surface area contributed by atoms with Crippen molar-refractivity contribution >= 4 is 23.4 Å². The predicted molar refractivity (Wildman–Crippen MR) is 58.0 cm³/mol. The van der Waals surface area contributed by atoms with Gasteiger partial charge in [-0.2, -0.15) is 4.98 Å². The average Bonchev–Trinajstić information content (AvgIpc) is 2.24. The molecule has 16 heavy (non-hydrogen) atoms. The molecule has 6 nitrogen and oxygen atoms in total. The number of nitrogens with one attached hydrogen (secondary N) is 1. The van der Waals surface area contributed by atoms with Crippen molar-refractivity contribution < 1.29 is 9.90 Å². The van der Waals surface area contributed by atoms with E-state index in [-0.39, 0.29) is 17.3 Å². The van der Waals surface area contributed by atoms with E-state index in [1.165, 1.54) is 0 Å². The molecule has 1 aliphatic heterocycles. The maximum absolute atomic E-state index is 11.5.